The van der Waals surface area contributed by atoms with Crippen LogP contribution in [0.4, 0.5) is 11.4 Å². The van der Waals surface area contributed by atoms with Crippen molar-refractivity contribution in [3.8, 4) is 0 Å². The minimum absolute atomic E-state index is 0.0968. The van der Waals surface area contributed by atoms with E-state index in [1.54, 1.807) is 18.2 Å². The van der Waals surface area contributed by atoms with Gasteiger partial charge in [-0.25, -0.2) is 0 Å². The molecule has 1 aromatic carbocycles. The third kappa shape index (κ3) is 2.23. The molecule has 0 atom stereocenters. The first-order valence-electron chi connectivity index (χ1n) is 3.42. The number of nitrogen functional groups attached to an aromatic ring is 1. The van der Waals surface area contributed by atoms with Crippen molar-refractivity contribution in [3.63, 3.8) is 0 Å². The zero-order valence-electron chi connectivity index (χ0n) is 6.60. The monoisotopic (exact) mass is 228 g/mol. The maximum absolute atomic E-state index is 10.7. The number of rotatable bonds is 1. The van der Waals surface area contributed by atoms with Crippen LogP contribution in [-0.2, 0) is 4.79 Å². The lowest BCUT2D eigenvalue weighted by molar-refractivity contribution is -0.114. The molecule has 0 radical (unpaired) electrons. The van der Waals surface area contributed by atoms with Gasteiger partial charge < -0.3 is 11.1 Å². The highest BCUT2D eigenvalue weighted by Gasteiger charge is 2.00. The van der Waals surface area contributed by atoms with E-state index in [1.165, 1.54) is 6.92 Å². The number of hydrogen-bond acceptors (Lipinski definition) is 2. The van der Waals surface area contributed by atoms with Gasteiger partial charge in [0.05, 0.1) is 5.69 Å². The molecule has 1 rings (SSSR count). The van der Waals surface area contributed by atoms with Gasteiger partial charge in [0.25, 0.3) is 0 Å². The molecule has 0 heterocycles. The molecule has 3 N–H and O–H groups in total. The molecule has 0 bridgehead atoms. The van der Waals surface area contributed by atoms with Crippen molar-refractivity contribution in [1.29, 1.82) is 0 Å². The topological polar surface area (TPSA) is 55.1 Å². The van der Waals surface area contributed by atoms with E-state index in [9.17, 15) is 4.79 Å². The van der Waals surface area contributed by atoms with Crippen LogP contribution in [-0.4, -0.2) is 5.91 Å². The first kappa shape index (κ1) is 9.06. The molecular weight excluding hydrogens is 220 g/mol. The quantitative estimate of drug-likeness (QED) is 0.723. The van der Waals surface area contributed by atoms with Crippen LogP contribution in [0.15, 0.2) is 22.7 Å². The molecule has 64 valence electrons. The van der Waals surface area contributed by atoms with Crippen molar-refractivity contribution < 1.29 is 4.79 Å². The second kappa shape index (κ2) is 3.58. The number of carbonyl (C=O) groups is 1. The number of amides is 1. The van der Waals surface area contributed by atoms with Gasteiger partial charge in [-0.1, -0.05) is 0 Å². The lowest BCUT2D eigenvalue weighted by Gasteiger charge is -2.04. The number of hydrogen-bond donors (Lipinski definition) is 2. The second-order valence-electron chi connectivity index (χ2n) is 2.42. The number of anilines is 2. The Labute approximate surface area is 79.1 Å². The lowest BCUT2D eigenvalue weighted by atomic mass is 10.3. The van der Waals surface area contributed by atoms with Crippen molar-refractivity contribution in [1.82, 2.24) is 0 Å². The van der Waals surface area contributed by atoms with Gasteiger partial charge in [0.15, 0.2) is 0 Å². The van der Waals surface area contributed by atoms with E-state index in [1.807, 2.05) is 0 Å². The molecule has 12 heavy (non-hydrogen) atoms. The fraction of sp³-hybridized carbons (Fsp3) is 0.125. The minimum atomic E-state index is -0.0968. The molecule has 0 unspecified atom stereocenters. The molecule has 0 aliphatic rings. The van der Waals surface area contributed by atoms with Crippen LogP contribution in [0.5, 0.6) is 0 Å². The number of halogens is 1. The summed E-state index contributed by atoms with van der Waals surface area (Å²) >= 11 is 3.28. The highest BCUT2D eigenvalue weighted by atomic mass is 79.9. The zero-order chi connectivity index (χ0) is 9.14. The van der Waals surface area contributed by atoms with Gasteiger partial charge in [-0.3, -0.25) is 4.79 Å². The molecular formula is C8H9BrN2O. The van der Waals surface area contributed by atoms with Gasteiger partial charge in [-0.05, 0) is 34.1 Å². The average molecular weight is 229 g/mol. The zero-order valence-corrected chi connectivity index (χ0v) is 8.18. The third-order valence-corrected chi connectivity index (χ3v) is 1.96. The van der Waals surface area contributed by atoms with E-state index >= 15 is 0 Å². The third-order valence-electron chi connectivity index (χ3n) is 1.30. The van der Waals surface area contributed by atoms with Crippen molar-refractivity contribution in [3.05, 3.63) is 22.7 Å². The van der Waals surface area contributed by atoms with Gasteiger partial charge in [-0.2, -0.15) is 0 Å². The number of carbonyl (C=O) groups excluding carboxylic acids is 1. The van der Waals surface area contributed by atoms with Gasteiger partial charge in [0, 0.05) is 17.1 Å². The van der Waals surface area contributed by atoms with E-state index in [-0.39, 0.29) is 5.91 Å². The molecule has 4 heteroatoms. The lowest BCUT2D eigenvalue weighted by Crippen LogP contribution is -2.06. The Kier molecular flexibility index (Phi) is 2.70. The maximum atomic E-state index is 10.7. The molecule has 0 aromatic heterocycles. The summed E-state index contributed by atoms with van der Waals surface area (Å²) in [5, 5.41) is 2.66. The molecule has 0 spiro atoms. The fourth-order valence-electron chi connectivity index (χ4n) is 0.822. The predicted octanol–water partition coefficient (Wildman–Crippen LogP) is 1.99. The Morgan fingerprint density at radius 3 is 2.75 bits per heavy atom. The minimum Gasteiger partial charge on any atom is -0.399 e. The molecule has 0 saturated heterocycles. The van der Waals surface area contributed by atoms with Crippen molar-refractivity contribution >= 4 is 33.2 Å². The van der Waals surface area contributed by atoms with Crippen LogP contribution >= 0.6 is 15.9 Å². The van der Waals surface area contributed by atoms with E-state index in [0.29, 0.717) is 5.69 Å². The average Bonchev–Trinajstić information content (AvgIpc) is 1.94. The smallest absolute Gasteiger partial charge is 0.221 e. The Bertz CT molecular complexity index is 312. The summed E-state index contributed by atoms with van der Waals surface area (Å²) in [7, 11) is 0. The Hall–Kier alpha value is -1.03. The summed E-state index contributed by atoms with van der Waals surface area (Å²) in [5.41, 5.74) is 6.91. The van der Waals surface area contributed by atoms with Gasteiger partial charge in [0.1, 0.15) is 0 Å². The fourth-order valence-corrected chi connectivity index (χ4v) is 1.32. The summed E-state index contributed by atoms with van der Waals surface area (Å²) in [6, 6.07) is 5.22. The first-order valence-corrected chi connectivity index (χ1v) is 4.21. The summed E-state index contributed by atoms with van der Waals surface area (Å²) in [4.78, 5) is 10.7. The predicted molar refractivity (Wildman–Crippen MR) is 52.9 cm³/mol. The van der Waals surface area contributed by atoms with Gasteiger partial charge in [-0.15, -0.1) is 0 Å². The second-order valence-corrected chi connectivity index (χ2v) is 3.27. The highest BCUT2D eigenvalue weighted by Crippen LogP contribution is 2.24. The SMILES string of the molecule is CC(=O)Nc1ccc(N)cc1Br. The summed E-state index contributed by atoms with van der Waals surface area (Å²) in [6.45, 7) is 1.46. The number of nitrogens with two attached hydrogens (primary N) is 1. The van der Waals surface area contributed by atoms with Crippen LogP contribution in [0.1, 0.15) is 6.92 Å². The molecule has 1 aromatic rings. The first-order chi connectivity index (χ1) is 5.59. The summed E-state index contributed by atoms with van der Waals surface area (Å²) in [6.07, 6.45) is 0. The van der Waals surface area contributed by atoms with Crippen molar-refractivity contribution in [2.45, 2.75) is 6.92 Å². The Morgan fingerprint density at radius 1 is 1.58 bits per heavy atom. The maximum Gasteiger partial charge on any atom is 0.221 e. The van der Waals surface area contributed by atoms with Crippen molar-refractivity contribution in [2.24, 2.45) is 0 Å². The summed E-state index contributed by atoms with van der Waals surface area (Å²) in [5.74, 6) is -0.0968. The van der Waals surface area contributed by atoms with Crippen molar-refractivity contribution in [2.75, 3.05) is 11.1 Å². The van der Waals surface area contributed by atoms with Crippen LogP contribution < -0.4 is 11.1 Å². The Morgan fingerprint density at radius 2 is 2.25 bits per heavy atom. The van der Waals surface area contributed by atoms with E-state index < -0.39 is 0 Å². The van der Waals surface area contributed by atoms with Crippen LogP contribution in [0.25, 0.3) is 0 Å². The normalized spacial score (nSPS) is 9.50. The molecule has 0 saturated carbocycles. The largest absolute Gasteiger partial charge is 0.399 e. The molecule has 0 aliphatic carbocycles. The van der Waals surface area contributed by atoms with Crippen LogP contribution in [0, 0.1) is 0 Å². The summed E-state index contributed by atoms with van der Waals surface area (Å²) < 4.78 is 0.790. The highest BCUT2D eigenvalue weighted by molar-refractivity contribution is 9.10. The van der Waals surface area contributed by atoms with E-state index in [0.717, 1.165) is 10.2 Å². The van der Waals surface area contributed by atoms with Gasteiger partial charge >= 0.3 is 0 Å². The molecule has 0 aliphatic heterocycles. The van der Waals surface area contributed by atoms with Crippen LogP contribution in [0.2, 0.25) is 0 Å². The van der Waals surface area contributed by atoms with E-state index in [2.05, 4.69) is 21.2 Å². The number of nitrogens with one attached hydrogen (secondary N) is 1. The standard InChI is InChI=1S/C8H9BrN2O/c1-5(12)11-8-3-2-6(10)4-7(8)9/h2-4H,10H2,1H3,(H,11,12). The van der Waals surface area contributed by atoms with Gasteiger partial charge in [0.2, 0.25) is 5.91 Å². The Balaban J connectivity index is 2.93. The molecule has 3 nitrogen and oxygen atoms in total. The van der Waals surface area contributed by atoms with Crippen LogP contribution in [0.3, 0.4) is 0 Å². The molecule has 0 fully saturated rings. The van der Waals surface area contributed by atoms with E-state index in [4.69, 9.17) is 5.73 Å². The molecule has 1 amide bonds. The number of benzene rings is 1.